The average molecular weight is 483 g/mol. The molecule has 1 amide bonds. The Morgan fingerprint density at radius 3 is 2.43 bits per heavy atom. The Hall–Kier alpha value is -3.84. The Morgan fingerprint density at radius 1 is 1.03 bits per heavy atom. The topological polar surface area (TPSA) is 94.3 Å². The fourth-order valence-corrected chi connectivity index (χ4v) is 4.24. The number of ether oxygens (including phenoxy) is 1. The summed E-state index contributed by atoms with van der Waals surface area (Å²) in [6.07, 6.45) is 1.59. The lowest BCUT2D eigenvalue weighted by molar-refractivity contribution is -0.117. The van der Waals surface area contributed by atoms with Crippen molar-refractivity contribution in [1.82, 2.24) is 4.98 Å². The van der Waals surface area contributed by atoms with Crippen molar-refractivity contribution >= 4 is 57.5 Å². The summed E-state index contributed by atoms with van der Waals surface area (Å²) in [5.74, 6) is -1.93. The number of anilines is 1. The monoisotopic (exact) mass is 483 g/mol. The molecule has 0 spiro atoms. The molecule has 178 valence electrons. The molecule has 0 fully saturated rings. The summed E-state index contributed by atoms with van der Waals surface area (Å²) >= 11 is 0. The van der Waals surface area contributed by atoms with Gasteiger partial charge in [0, 0.05) is 11.9 Å². The standard InChI is InChI=1S/C28H24B3N3O3/c1-16-3-9-22(17(2)13-16)27(36)37-15-18-4-6-19(7-5-18)24(28(30,31)32)26(35)34-21-8-10-23-20(14-21)11-12-33-25(23)29/h3-14,24H,15,32H2,1-2H3,(H,34,35)/t24-/m1/s1. The van der Waals surface area contributed by atoms with E-state index in [1.165, 1.54) is 0 Å². The summed E-state index contributed by atoms with van der Waals surface area (Å²) < 4.78 is 5.47. The largest absolute Gasteiger partial charge is 0.457 e. The normalized spacial score (nSPS) is 12.2. The Bertz CT molecular complexity index is 1470. The second-order valence-corrected chi connectivity index (χ2v) is 9.19. The van der Waals surface area contributed by atoms with Gasteiger partial charge in [-0.2, -0.15) is 0 Å². The minimum atomic E-state index is -1.83. The molecule has 1 heterocycles. The molecule has 3 N–H and O–H groups in total. The highest BCUT2D eigenvalue weighted by atomic mass is 16.5. The number of pyridine rings is 1. The van der Waals surface area contributed by atoms with Crippen molar-refractivity contribution < 1.29 is 14.3 Å². The molecule has 3 aromatic carbocycles. The number of fused-ring (bicyclic) bond motifs is 1. The average Bonchev–Trinajstić information content (AvgIpc) is 2.82. The number of aryl methyl sites for hydroxylation is 2. The first-order valence-corrected chi connectivity index (χ1v) is 11.7. The van der Waals surface area contributed by atoms with Gasteiger partial charge in [0.1, 0.15) is 14.5 Å². The first kappa shape index (κ1) is 26.2. The molecule has 1 atom stereocenters. The molecule has 0 aliphatic rings. The first-order chi connectivity index (χ1) is 17.5. The highest BCUT2D eigenvalue weighted by Gasteiger charge is 2.32. The number of hydrogen-bond acceptors (Lipinski definition) is 5. The van der Waals surface area contributed by atoms with Crippen molar-refractivity contribution in [2.75, 3.05) is 5.32 Å². The Balaban J connectivity index is 1.47. The summed E-state index contributed by atoms with van der Waals surface area (Å²) in [4.78, 5) is 29.8. The summed E-state index contributed by atoms with van der Waals surface area (Å²) in [7, 11) is 17.9. The van der Waals surface area contributed by atoms with E-state index in [1.807, 2.05) is 26.0 Å². The van der Waals surface area contributed by atoms with E-state index in [9.17, 15) is 9.59 Å². The van der Waals surface area contributed by atoms with Crippen molar-refractivity contribution in [3.63, 3.8) is 0 Å². The van der Waals surface area contributed by atoms with Crippen LogP contribution in [-0.2, 0) is 16.1 Å². The third-order valence-electron chi connectivity index (χ3n) is 6.11. The number of amides is 1. The summed E-state index contributed by atoms with van der Waals surface area (Å²) in [6, 6.07) is 19.5. The molecule has 0 aliphatic heterocycles. The van der Waals surface area contributed by atoms with Gasteiger partial charge in [0.15, 0.2) is 0 Å². The van der Waals surface area contributed by atoms with Gasteiger partial charge in [-0.15, -0.1) is 0 Å². The molecule has 6 radical (unpaired) electrons. The molecule has 1 aromatic heterocycles. The fraction of sp³-hybridized carbons (Fsp3) is 0.179. The minimum absolute atomic E-state index is 0.0669. The van der Waals surface area contributed by atoms with E-state index in [1.54, 1.807) is 60.8 Å². The molecule has 4 rings (SSSR count). The summed E-state index contributed by atoms with van der Waals surface area (Å²) in [6.45, 7) is 3.90. The van der Waals surface area contributed by atoms with E-state index >= 15 is 0 Å². The van der Waals surface area contributed by atoms with Crippen molar-refractivity contribution in [1.29, 1.82) is 0 Å². The van der Waals surface area contributed by atoms with Crippen molar-refractivity contribution in [3.05, 3.63) is 101 Å². The van der Waals surface area contributed by atoms with E-state index < -0.39 is 23.1 Å². The second-order valence-electron chi connectivity index (χ2n) is 9.19. The molecule has 6 nitrogen and oxygen atoms in total. The van der Waals surface area contributed by atoms with Crippen LogP contribution < -0.4 is 16.6 Å². The van der Waals surface area contributed by atoms with Crippen molar-refractivity contribution in [3.8, 4) is 0 Å². The van der Waals surface area contributed by atoms with Gasteiger partial charge in [-0.05, 0) is 76.5 Å². The van der Waals surface area contributed by atoms with Gasteiger partial charge in [0.2, 0.25) is 5.91 Å². The lowest BCUT2D eigenvalue weighted by Gasteiger charge is -2.31. The summed E-state index contributed by atoms with van der Waals surface area (Å²) in [5, 5.41) is 2.60. The van der Waals surface area contributed by atoms with Crippen LogP contribution in [-0.4, -0.2) is 45.7 Å². The third kappa shape index (κ3) is 6.12. The lowest BCUT2D eigenvalue weighted by Crippen LogP contribution is -2.51. The predicted octanol–water partition coefficient (Wildman–Crippen LogP) is 2.67. The van der Waals surface area contributed by atoms with Crippen LogP contribution in [0.5, 0.6) is 0 Å². The van der Waals surface area contributed by atoms with Crippen molar-refractivity contribution in [2.45, 2.75) is 31.7 Å². The molecule has 0 bridgehead atoms. The van der Waals surface area contributed by atoms with Crippen LogP contribution >= 0.6 is 0 Å². The predicted molar refractivity (Wildman–Crippen MR) is 148 cm³/mol. The Kier molecular flexibility index (Phi) is 7.55. The van der Waals surface area contributed by atoms with Gasteiger partial charge in [0.05, 0.1) is 27.2 Å². The van der Waals surface area contributed by atoms with E-state index in [4.69, 9.17) is 34.0 Å². The van der Waals surface area contributed by atoms with Gasteiger partial charge >= 0.3 is 5.97 Å². The molecule has 0 saturated carbocycles. The van der Waals surface area contributed by atoms with E-state index in [2.05, 4.69) is 10.3 Å². The number of benzene rings is 3. The molecule has 9 heteroatoms. The SMILES string of the molecule is [B]c1nccc2cc(NC(=O)[C@@H](c3ccc(COC(=O)c4ccc(C)cc4C)cc3)C([B])([B])N)ccc12. The molecular formula is C28H24B3N3O3. The molecule has 0 unspecified atom stereocenters. The molecule has 4 aromatic rings. The van der Waals surface area contributed by atoms with Gasteiger partial charge in [-0.1, -0.05) is 48.0 Å². The van der Waals surface area contributed by atoms with Crippen LogP contribution in [0, 0.1) is 13.8 Å². The van der Waals surface area contributed by atoms with E-state index in [0.29, 0.717) is 22.4 Å². The van der Waals surface area contributed by atoms with Crippen LogP contribution in [0.25, 0.3) is 10.8 Å². The zero-order valence-corrected chi connectivity index (χ0v) is 20.7. The zero-order valence-electron chi connectivity index (χ0n) is 20.7. The van der Waals surface area contributed by atoms with E-state index in [-0.39, 0.29) is 6.61 Å². The Morgan fingerprint density at radius 2 is 1.76 bits per heavy atom. The van der Waals surface area contributed by atoms with Crippen LogP contribution in [0.1, 0.15) is 38.5 Å². The molecular weight excluding hydrogens is 459 g/mol. The van der Waals surface area contributed by atoms with Crippen LogP contribution in [0.4, 0.5) is 5.69 Å². The number of aromatic nitrogens is 1. The number of nitrogens with zero attached hydrogens (tertiary/aromatic N) is 1. The minimum Gasteiger partial charge on any atom is -0.457 e. The number of hydrogen-bond donors (Lipinski definition) is 2. The van der Waals surface area contributed by atoms with Gasteiger partial charge in [-0.25, -0.2) is 4.79 Å². The number of rotatable bonds is 7. The van der Waals surface area contributed by atoms with Crippen LogP contribution in [0.3, 0.4) is 0 Å². The van der Waals surface area contributed by atoms with Crippen LogP contribution in [0.15, 0.2) is 72.9 Å². The van der Waals surface area contributed by atoms with Crippen LogP contribution in [0.2, 0.25) is 0 Å². The number of nitrogens with one attached hydrogen (secondary N) is 1. The lowest BCUT2D eigenvalue weighted by atomic mass is 9.54. The van der Waals surface area contributed by atoms with Gasteiger partial charge in [0.25, 0.3) is 0 Å². The van der Waals surface area contributed by atoms with E-state index in [0.717, 1.165) is 27.5 Å². The smallest absolute Gasteiger partial charge is 0.338 e. The maximum absolute atomic E-state index is 13.2. The van der Waals surface area contributed by atoms with Gasteiger partial charge in [-0.3, -0.25) is 9.78 Å². The number of carbonyl (C=O) groups is 2. The third-order valence-corrected chi connectivity index (χ3v) is 6.11. The molecule has 0 saturated heterocycles. The quantitative estimate of drug-likeness (QED) is 0.312. The van der Waals surface area contributed by atoms with Gasteiger partial charge < -0.3 is 15.8 Å². The zero-order chi connectivity index (χ0) is 26.7. The van der Waals surface area contributed by atoms with Crippen molar-refractivity contribution in [2.24, 2.45) is 5.73 Å². The first-order valence-electron chi connectivity index (χ1n) is 11.7. The molecule has 37 heavy (non-hydrogen) atoms. The fourth-order valence-electron chi connectivity index (χ4n) is 4.24. The maximum Gasteiger partial charge on any atom is 0.338 e. The second kappa shape index (κ2) is 10.6. The highest BCUT2D eigenvalue weighted by molar-refractivity contribution is 6.42. The molecule has 0 aliphatic carbocycles. The number of esters is 1. The highest BCUT2D eigenvalue weighted by Crippen LogP contribution is 2.26. The maximum atomic E-state index is 13.2. The number of carbonyl (C=O) groups excluding carboxylic acids is 2. The summed E-state index contributed by atoms with van der Waals surface area (Å²) in [5.41, 5.74) is 10.6. The number of nitrogens with two attached hydrogens (primary N) is 1. The Labute approximate surface area is 220 Å².